The summed E-state index contributed by atoms with van der Waals surface area (Å²) in [7, 11) is 0. The zero-order valence-corrected chi connectivity index (χ0v) is 18.6. The van der Waals surface area contributed by atoms with Crippen LogP contribution in [0.15, 0.2) is 47.3 Å². The van der Waals surface area contributed by atoms with Crippen molar-refractivity contribution >= 4 is 40.8 Å². The van der Waals surface area contributed by atoms with Crippen molar-refractivity contribution in [3.8, 4) is 0 Å². The van der Waals surface area contributed by atoms with Crippen molar-refractivity contribution in [2.45, 2.75) is 38.1 Å². The third kappa shape index (κ3) is 4.36. The van der Waals surface area contributed by atoms with Crippen molar-refractivity contribution in [2.75, 3.05) is 25.0 Å². The minimum Gasteiger partial charge on any atom is -0.326 e. The summed E-state index contributed by atoms with van der Waals surface area (Å²) in [6.45, 7) is 2.47. The lowest BCUT2D eigenvalue weighted by atomic mass is 9.97. The zero-order valence-electron chi connectivity index (χ0n) is 17.8. The standard InChI is InChI=1S/C24H26N4O3.ClH/c29-22(17-5-7-19-16(15-17)6-8-23(30)25-19)11-14-27-12-9-18(10-13-27)28-21-4-2-1-3-20(21)26-24(28)31;/h1-5,7,15,18H,6,8-14H2,(H,25,30)(H,26,31);1H. The van der Waals surface area contributed by atoms with Gasteiger partial charge in [-0.2, -0.15) is 0 Å². The van der Waals surface area contributed by atoms with Crippen LogP contribution >= 0.6 is 12.4 Å². The van der Waals surface area contributed by atoms with E-state index in [-0.39, 0.29) is 35.8 Å². The molecule has 1 aromatic heterocycles. The van der Waals surface area contributed by atoms with E-state index in [0.717, 1.165) is 60.3 Å². The highest BCUT2D eigenvalue weighted by Crippen LogP contribution is 2.26. The lowest BCUT2D eigenvalue weighted by Gasteiger charge is -2.32. The van der Waals surface area contributed by atoms with E-state index < -0.39 is 0 Å². The fourth-order valence-corrected chi connectivity index (χ4v) is 4.80. The molecule has 0 bridgehead atoms. The Hall–Kier alpha value is -2.90. The zero-order chi connectivity index (χ0) is 21.4. The van der Waals surface area contributed by atoms with Crippen molar-refractivity contribution in [1.82, 2.24) is 14.5 Å². The molecule has 1 amide bonds. The number of para-hydroxylation sites is 2. The molecule has 0 spiro atoms. The number of anilines is 1. The van der Waals surface area contributed by atoms with Gasteiger partial charge in [-0.3, -0.25) is 14.2 Å². The van der Waals surface area contributed by atoms with E-state index in [2.05, 4.69) is 15.2 Å². The molecule has 0 aliphatic carbocycles. The summed E-state index contributed by atoms with van der Waals surface area (Å²) in [6.07, 6.45) is 3.42. The highest BCUT2D eigenvalue weighted by Gasteiger charge is 2.24. The Labute approximate surface area is 192 Å². The number of hydrogen-bond acceptors (Lipinski definition) is 4. The average molecular weight is 455 g/mol. The fraction of sp³-hybridized carbons (Fsp3) is 0.375. The maximum absolute atomic E-state index is 12.7. The third-order valence-electron chi connectivity index (χ3n) is 6.52. The molecule has 1 saturated heterocycles. The summed E-state index contributed by atoms with van der Waals surface area (Å²) >= 11 is 0. The fourth-order valence-electron chi connectivity index (χ4n) is 4.80. The molecule has 0 radical (unpaired) electrons. The highest BCUT2D eigenvalue weighted by molar-refractivity contribution is 5.99. The molecule has 1 fully saturated rings. The molecule has 2 aliphatic rings. The summed E-state index contributed by atoms with van der Waals surface area (Å²) < 4.78 is 1.89. The van der Waals surface area contributed by atoms with Gasteiger partial charge in [-0.1, -0.05) is 12.1 Å². The number of carbonyl (C=O) groups excluding carboxylic acids is 2. The van der Waals surface area contributed by atoms with Gasteiger partial charge >= 0.3 is 5.69 Å². The number of Topliss-reactive ketones (excluding diaryl/α,β-unsaturated/α-hetero) is 1. The number of halogens is 1. The number of amides is 1. The summed E-state index contributed by atoms with van der Waals surface area (Å²) in [5.41, 5.74) is 4.38. The van der Waals surface area contributed by atoms with Crippen LogP contribution in [0, 0.1) is 0 Å². The number of piperidine rings is 1. The van der Waals surface area contributed by atoms with Gasteiger partial charge in [0.1, 0.15) is 0 Å². The molecule has 2 aromatic carbocycles. The number of hydrogen-bond donors (Lipinski definition) is 2. The maximum Gasteiger partial charge on any atom is 0.326 e. The average Bonchev–Trinajstić information content (AvgIpc) is 3.13. The Bertz CT molecular complexity index is 1210. The number of nitrogens with zero attached hydrogens (tertiary/aromatic N) is 2. The van der Waals surface area contributed by atoms with Gasteiger partial charge in [-0.15, -0.1) is 12.4 Å². The molecule has 168 valence electrons. The summed E-state index contributed by atoms with van der Waals surface area (Å²) in [4.78, 5) is 41.9. The normalized spacial score (nSPS) is 16.9. The van der Waals surface area contributed by atoms with Crippen LogP contribution in [0.25, 0.3) is 11.0 Å². The van der Waals surface area contributed by atoms with Gasteiger partial charge in [0.15, 0.2) is 5.78 Å². The van der Waals surface area contributed by atoms with Crippen molar-refractivity contribution in [3.63, 3.8) is 0 Å². The number of benzene rings is 2. The second-order valence-electron chi connectivity index (χ2n) is 8.48. The van der Waals surface area contributed by atoms with E-state index >= 15 is 0 Å². The van der Waals surface area contributed by atoms with E-state index in [1.807, 2.05) is 47.0 Å². The van der Waals surface area contributed by atoms with Crippen LogP contribution in [0.5, 0.6) is 0 Å². The number of H-pyrrole nitrogens is 1. The van der Waals surface area contributed by atoms with E-state index in [4.69, 9.17) is 0 Å². The number of imidazole rings is 1. The molecule has 8 heteroatoms. The number of ketones is 1. The number of aromatic nitrogens is 2. The van der Waals surface area contributed by atoms with Crippen LogP contribution in [0.4, 0.5) is 5.69 Å². The minimum atomic E-state index is -0.0431. The highest BCUT2D eigenvalue weighted by atomic mass is 35.5. The van der Waals surface area contributed by atoms with E-state index in [0.29, 0.717) is 19.3 Å². The first-order valence-electron chi connectivity index (χ1n) is 11.0. The van der Waals surface area contributed by atoms with Crippen molar-refractivity contribution in [1.29, 1.82) is 0 Å². The smallest absolute Gasteiger partial charge is 0.326 e. The van der Waals surface area contributed by atoms with Crippen LogP contribution in [0.1, 0.15) is 47.6 Å². The number of carbonyl (C=O) groups is 2. The second-order valence-corrected chi connectivity index (χ2v) is 8.48. The number of nitrogens with one attached hydrogen (secondary N) is 2. The number of aryl methyl sites for hydroxylation is 1. The van der Waals surface area contributed by atoms with Crippen LogP contribution in [-0.2, 0) is 11.2 Å². The second kappa shape index (κ2) is 9.30. The Balaban J connectivity index is 0.00000245. The molecule has 2 aliphatic heterocycles. The van der Waals surface area contributed by atoms with Gasteiger partial charge in [0.05, 0.1) is 11.0 Å². The Morgan fingerprint density at radius 3 is 2.62 bits per heavy atom. The number of aromatic amines is 1. The summed E-state index contributed by atoms with van der Waals surface area (Å²) in [6, 6.07) is 13.6. The van der Waals surface area contributed by atoms with Gasteiger partial charge in [0, 0.05) is 49.8 Å². The van der Waals surface area contributed by atoms with Gasteiger partial charge in [-0.25, -0.2) is 4.79 Å². The van der Waals surface area contributed by atoms with Crippen LogP contribution in [-0.4, -0.2) is 45.8 Å². The minimum absolute atomic E-state index is 0. The molecule has 0 unspecified atom stereocenters. The quantitative estimate of drug-likeness (QED) is 0.577. The molecule has 7 nitrogen and oxygen atoms in total. The van der Waals surface area contributed by atoms with Gasteiger partial charge < -0.3 is 15.2 Å². The van der Waals surface area contributed by atoms with Gasteiger partial charge in [0.2, 0.25) is 5.91 Å². The lowest BCUT2D eigenvalue weighted by Crippen LogP contribution is -2.38. The van der Waals surface area contributed by atoms with Crippen LogP contribution in [0.3, 0.4) is 0 Å². The Morgan fingerprint density at radius 1 is 1.03 bits per heavy atom. The van der Waals surface area contributed by atoms with Crippen molar-refractivity contribution < 1.29 is 9.59 Å². The SMILES string of the molecule is Cl.O=C1CCc2cc(C(=O)CCN3CCC(n4c(=O)[nH]c5ccccc54)CC3)ccc2N1. The van der Waals surface area contributed by atoms with Crippen LogP contribution in [0.2, 0.25) is 0 Å². The first-order valence-corrected chi connectivity index (χ1v) is 11.0. The Kier molecular flexibility index (Phi) is 6.48. The van der Waals surface area contributed by atoms with Crippen molar-refractivity contribution in [2.24, 2.45) is 0 Å². The molecular weight excluding hydrogens is 428 g/mol. The molecule has 2 N–H and O–H groups in total. The maximum atomic E-state index is 12.7. The van der Waals surface area contributed by atoms with Gasteiger partial charge in [-0.05, 0) is 55.2 Å². The molecule has 3 aromatic rings. The Morgan fingerprint density at radius 2 is 1.81 bits per heavy atom. The first kappa shape index (κ1) is 22.3. The predicted molar refractivity (Wildman–Crippen MR) is 127 cm³/mol. The lowest BCUT2D eigenvalue weighted by molar-refractivity contribution is -0.116. The third-order valence-corrected chi connectivity index (χ3v) is 6.52. The van der Waals surface area contributed by atoms with Crippen LogP contribution < -0.4 is 11.0 Å². The number of likely N-dealkylation sites (tertiary alicyclic amines) is 1. The summed E-state index contributed by atoms with van der Waals surface area (Å²) in [5, 5.41) is 2.86. The molecule has 5 rings (SSSR count). The molecular formula is C24H27ClN4O3. The molecule has 32 heavy (non-hydrogen) atoms. The topological polar surface area (TPSA) is 87.2 Å². The molecule has 0 saturated carbocycles. The first-order chi connectivity index (χ1) is 15.1. The molecule has 0 atom stereocenters. The monoisotopic (exact) mass is 454 g/mol. The largest absolute Gasteiger partial charge is 0.326 e. The van der Waals surface area contributed by atoms with Crippen molar-refractivity contribution in [3.05, 3.63) is 64.1 Å². The van der Waals surface area contributed by atoms with E-state index in [1.54, 1.807) is 0 Å². The summed E-state index contributed by atoms with van der Waals surface area (Å²) in [5.74, 6) is 0.166. The predicted octanol–water partition coefficient (Wildman–Crippen LogP) is 3.55. The van der Waals surface area contributed by atoms with E-state index in [9.17, 15) is 14.4 Å². The van der Waals surface area contributed by atoms with Gasteiger partial charge in [0.25, 0.3) is 0 Å². The molecule has 3 heterocycles. The number of fused-ring (bicyclic) bond motifs is 2. The number of rotatable bonds is 5. The van der Waals surface area contributed by atoms with E-state index in [1.165, 1.54) is 0 Å².